The van der Waals surface area contributed by atoms with Gasteiger partial charge >= 0.3 is 0 Å². The van der Waals surface area contributed by atoms with Gasteiger partial charge in [0.1, 0.15) is 6.10 Å². The van der Waals surface area contributed by atoms with Gasteiger partial charge in [0.25, 0.3) is 0 Å². The van der Waals surface area contributed by atoms with Gasteiger partial charge in [-0.2, -0.15) is 0 Å². The zero-order chi connectivity index (χ0) is 14.7. The molecule has 0 saturated carbocycles. The van der Waals surface area contributed by atoms with Crippen LogP contribution in [0.25, 0.3) is 0 Å². The fraction of sp³-hybridized carbons (Fsp3) is 0.412. The zero-order valence-electron chi connectivity index (χ0n) is 12.2. The van der Waals surface area contributed by atoms with E-state index >= 15 is 0 Å². The highest BCUT2D eigenvalue weighted by atomic mass is 35.5. The van der Waals surface area contributed by atoms with Crippen molar-refractivity contribution < 1.29 is 5.11 Å². The molecule has 1 heterocycles. The van der Waals surface area contributed by atoms with E-state index in [1.807, 2.05) is 12.1 Å². The summed E-state index contributed by atoms with van der Waals surface area (Å²) in [5, 5.41) is 10.7. The topological polar surface area (TPSA) is 20.2 Å². The van der Waals surface area contributed by atoms with Crippen LogP contribution in [-0.2, 0) is 19.3 Å². The van der Waals surface area contributed by atoms with Crippen molar-refractivity contribution in [3.05, 3.63) is 55.7 Å². The molecule has 20 heavy (non-hydrogen) atoms. The predicted octanol–water partition coefficient (Wildman–Crippen LogP) is 5.17. The van der Waals surface area contributed by atoms with Crippen LogP contribution in [0.15, 0.2) is 24.3 Å². The Morgan fingerprint density at radius 3 is 2.05 bits per heavy atom. The zero-order valence-corrected chi connectivity index (χ0v) is 13.8. The van der Waals surface area contributed by atoms with Gasteiger partial charge in [0.2, 0.25) is 0 Å². The van der Waals surface area contributed by atoms with E-state index in [-0.39, 0.29) is 0 Å². The summed E-state index contributed by atoms with van der Waals surface area (Å²) >= 11 is 7.45. The molecule has 0 aliphatic heterocycles. The van der Waals surface area contributed by atoms with E-state index in [2.05, 4.69) is 32.9 Å². The fourth-order valence-electron chi connectivity index (χ4n) is 2.61. The SMILES string of the molecule is CCc1cc(CC)c(C(O)c2ccc(Cl)s2)c(CC)c1. The predicted molar refractivity (Wildman–Crippen MR) is 88.0 cm³/mol. The normalized spacial score (nSPS) is 12.7. The second-order valence-corrected chi connectivity index (χ2v) is 6.68. The van der Waals surface area contributed by atoms with Gasteiger partial charge in [0.15, 0.2) is 0 Å². The van der Waals surface area contributed by atoms with Crippen molar-refractivity contribution >= 4 is 22.9 Å². The van der Waals surface area contributed by atoms with Crippen LogP contribution < -0.4 is 0 Å². The second kappa shape index (κ2) is 6.75. The lowest BCUT2D eigenvalue weighted by molar-refractivity contribution is 0.222. The number of aliphatic hydroxyl groups is 1. The average molecular weight is 309 g/mol. The minimum atomic E-state index is -0.566. The molecule has 1 N–H and O–H groups in total. The number of rotatable bonds is 5. The third-order valence-corrected chi connectivity index (χ3v) is 5.00. The summed E-state index contributed by atoms with van der Waals surface area (Å²) in [5.74, 6) is 0. The Morgan fingerprint density at radius 1 is 1.05 bits per heavy atom. The van der Waals surface area contributed by atoms with Crippen LogP contribution in [0.2, 0.25) is 4.34 Å². The van der Waals surface area contributed by atoms with Crippen molar-refractivity contribution in [2.75, 3.05) is 0 Å². The van der Waals surface area contributed by atoms with Crippen LogP contribution in [0.4, 0.5) is 0 Å². The Bertz CT molecular complexity index is 563. The van der Waals surface area contributed by atoms with Crippen LogP contribution in [-0.4, -0.2) is 5.11 Å². The standard InChI is InChI=1S/C17H21ClOS/c1-4-11-9-12(5-2)16(13(6-3)10-11)17(19)14-7-8-15(18)20-14/h7-10,17,19H,4-6H2,1-3H3. The molecule has 0 bridgehead atoms. The van der Waals surface area contributed by atoms with E-state index in [1.165, 1.54) is 28.0 Å². The molecule has 2 aromatic rings. The van der Waals surface area contributed by atoms with Crippen molar-refractivity contribution in [2.24, 2.45) is 0 Å². The maximum atomic E-state index is 10.7. The lowest BCUT2D eigenvalue weighted by Gasteiger charge is -2.19. The number of thiophene rings is 1. The molecule has 0 spiro atoms. The molecule has 0 saturated heterocycles. The summed E-state index contributed by atoms with van der Waals surface area (Å²) < 4.78 is 0.723. The maximum absolute atomic E-state index is 10.7. The molecule has 1 aromatic carbocycles. The summed E-state index contributed by atoms with van der Waals surface area (Å²) in [7, 11) is 0. The molecule has 0 radical (unpaired) electrons. The van der Waals surface area contributed by atoms with Gasteiger partial charge in [-0.05, 0) is 53.6 Å². The van der Waals surface area contributed by atoms with Crippen molar-refractivity contribution in [1.82, 2.24) is 0 Å². The number of hydrogen-bond donors (Lipinski definition) is 1. The van der Waals surface area contributed by atoms with Gasteiger partial charge < -0.3 is 5.11 Å². The van der Waals surface area contributed by atoms with Gasteiger partial charge in [-0.3, -0.25) is 0 Å². The number of aryl methyl sites for hydroxylation is 3. The third kappa shape index (κ3) is 3.08. The summed E-state index contributed by atoms with van der Waals surface area (Å²) in [5.41, 5.74) is 4.92. The van der Waals surface area contributed by atoms with E-state index in [4.69, 9.17) is 11.6 Å². The van der Waals surface area contributed by atoms with Crippen molar-refractivity contribution in [1.29, 1.82) is 0 Å². The first-order chi connectivity index (χ1) is 9.60. The molecule has 1 aromatic heterocycles. The van der Waals surface area contributed by atoms with Crippen molar-refractivity contribution in [3.63, 3.8) is 0 Å². The lowest BCUT2D eigenvalue weighted by Crippen LogP contribution is -2.07. The van der Waals surface area contributed by atoms with Gasteiger partial charge in [-0.1, -0.05) is 44.5 Å². The maximum Gasteiger partial charge on any atom is 0.114 e. The molecule has 3 heteroatoms. The van der Waals surface area contributed by atoms with Crippen LogP contribution in [0.1, 0.15) is 54.0 Å². The molecule has 0 amide bonds. The molecule has 108 valence electrons. The fourth-order valence-corrected chi connectivity index (χ4v) is 3.67. The summed E-state index contributed by atoms with van der Waals surface area (Å²) in [6.07, 6.45) is 2.34. The van der Waals surface area contributed by atoms with Crippen LogP contribution >= 0.6 is 22.9 Å². The molecule has 1 atom stereocenters. The van der Waals surface area contributed by atoms with E-state index in [0.717, 1.165) is 34.0 Å². The van der Waals surface area contributed by atoms with Gasteiger partial charge in [-0.25, -0.2) is 0 Å². The van der Waals surface area contributed by atoms with Gasteiger partial charge in [-0.15, -0.1) is 11.3 Å². The monoisotopic (exact) mass is 308 g/mol. The molecule has 0 aliphatic carbocycles. The van der Waals surface area contributed by atoms with E-state index < -0.39 is 6.10 Å². The average Bonchev–Trinajstić information content (AvgIpc) is 2.91. The minimum absolute atomic E-state index is 0.566. The Hall–Kier alpha value is -0.830. The minimum Gasteiger partial charge on any atom is -0.383 e. The molecular formula is C17H21ClOS. The highest BCUT2D eigenvalue weighted by Gasteiger charge is 2.19. The van der Waals surface area contributed by atoms with Crippen LogP contribution in [0, 0.1) is 0 Å². The first-order valence-electron chi connectivity index (χ1n) is 7.18. The Morgan fingerprint density at radius 2 is 1.65 bits per heavy atom. The number of halogens is 1. The lowest BCUT2D eigenvalue weighted by atomic mass is 9.90. The number of benzene rings is 1. The Kier molecular flexibility index (Phi) is 5.25. The molecular weight excluding hydrogens is 288 g/mol. The van der Waals surface area contributed by atoms with Crippen molar-refractivity contribution in [3.8, 4) is 0 Å². The molecule has 2 rings (SSSR count). The number of hydrogen-bond acceptors (Lipinski definition) is 2. The Balaban J connectivity index is 2.53. The van der Waals surface area contributed by atoms with Gasteiger partial charge in [0, 0.05) is 4.88 Å². The quantitative estimate of drug-likeness (QED) is 0.808. The highest BCUT2D eigenvalue weighted by molar-refractivity contribution is 7.16. The summed E-state index contributed by atoms with van der Waals surface area (Å²) in [4.78, 5) is 0.920. The third-order valence-electron chi connectivity index (χ3n) is 3.72. The molecule has 0 fully saturated rings. The molecule has 1 nitrogen and oxygen atoms in total. The van der Waals surface area contributed by atoms with E-state index in [0.29, 0.717) is 0 Å². The number of aliphatic hydroxyl groups excluding tert-OH is 1. The molecule has 0 aliphatic rings. The van der Waals surface area contributed by atoms with E-state index in [9.17, 15) is 5.11 Å². The summed E-state index contributed by atoms with van der Waals surface area (Å²) in [6, 6.07) is 8.23. The first kappa shape index (κ1) is 15.6. The largest absolute Gasteiger partial charge is 0.383 e. The Labute approximate surface area is 130 Å². The smallest absolute Gasteiger partial charge is 0.114 e. The van der Waals surface area contributed by atoms with Gasteiger partial charge in [0.05, 0.1) is 4.34 Å². The highest BCUT2D eigenvalue weighted by Crippen LogP contribution is 2.35. The second-order valence-electron chi connectivity index (χ2n) is 4.93. The first-order valence-corrected chi connectivity index (χ1v) is 8.37. The molecule has 1 unspecified atom stereocenters. The van der Waals surface area contributed by atoms with Crippen LogP contribution in [0.3, 0.4) is 0 Å². The summed E-state index contributed by atoms with van der Waals surface area (Å²) in [6.45, 7) is 6.46. The van der Waals surface area contributed by atoms with Crippen molar-refractivity contribution in [2.45, 2.75) is 46.1 Å². The van der Waals surface area contributed by atoms with E-state index in [1.54, 1.807) is 0 Å². The van der Waals surface area contributed by atoms with Crippen LogP contribution in [0.5, 0.6) is 0 Å².